The zero-order valence-electron chi connectivity index (χ0n) is 31.0. The molecule has 0 fully saturated rings. The lowest BCUT2D eigenvalue weighted by Crippen LogP contribution is -2.49. The van der Waals surface area contributed by atoms with E-state index in [1.165, 1.54) is 11.0 Å². The maximum absolute atomic E-state index is 15.0. The molecule has 1 aliphatic carbocycles. The summed E-state index contributed by atoms with van der Waals surface area (Å²) in [5.74, 6) is -3.77. The number of ether oxygens (including phenoxy) is 3. The van der Waals surface area contributed by atoms with Crippen molar-refractivity contribution in [3.8, 4) is 11.4 Å². The summed E-state index contributed by atoms with van der Waals surface area (Å²) in [7, 11) is 0. The first kappa shape index (κ1) is 37.6. The number of carbonyl (C=O) groups is 5. The molecule has 2 aromatic heterocycles. The average Bonchev–Trinajstić information content (AvgIpc) is 3.48. The number of hydrogen-bond donors (Lipinski definition) is 1. The Morgan fingerprint density at radius 1 is 1.04 bits per heavy atom. The first-order chi connectivity index (χ1) is 25.1. The van der Waals surface area contributed by atoms with Gasteiger partial charge in [0.25, 0.3) is 5.56 Å². The molecule has 2 amide bonds. The molecule has 3 aromatic rings. The third-order valence-corrected chi connectivity index (χ3v) is 10.1. The Bertz CT molecular complexity index is 2120. The van der Waals surface area contributed by atoms with Crippen molar-refractivity contribution in [2.75, 3.05) is 19.6 Å². The topological polar surface area (TPSA) is 163 Å². The van der Waals surface area contributed by atoms with E-state index in [1.807, 2.05) is 6.92 Å². The van der Waals surface area contributed by atoms with E-state index in [9.17, 15) is 33.2 Å². The monoisotopic (exact) mass is 732 g/mol. The number of halogens is 1. The molecule has 0 saturated heterocycles. The molecule has 1 N–H and O–H groups in total. The Hall–Kier alpha value is -5.14. The highest BCUT2D eigenvalue weighted by Gasteiger charge is 2.50. The number of benzene rings is 1. The van der Waals surface area contributed by atoms with Crippen molar-refractivity contribution in [2.45, 2.75) is 111 Å². The number of nitrogens with one attached hydrogen (secondary N) is 1. The second-order valence-electron chi connectivity index (χ2n) is 14.8. The summed E-state index contributed by atoms with van der Waals surface area (Å²) >= 11 is 0. The number of aromatic nitrogens is 2. The molecule has 13 nitrogen and oxygen atoms in total. The van der Waals surface area contributed by atoms with Crippen LogP contribution in [0.4, 0.5) is 4.39 Å². The van der Waals surface area contributed by atoms with Gasteiger partial charge in [-0.25, -0.2) is 14.2 Å². The summed E-state index contributed by atoms with van der Waals surface area (Å²) in [6, 6.07) is 3.07. The molecular formula is C39H45FN4O9. The number of hydrogen-bond acceptors (Lipinski definition) is 10. The highest BCUT2D eigenvalue weighted by molar-refractivity contribution is 5.93. The molecular weight excluding hydrogens is 687 g/mol. The van der Waals surface area contributed by atoms with Crippen LogP contribution in [0.25, 0.3) is 22.3 Å². The molecule has 6 rings (SSSR count). The second kappa shape index (κ2) is 14.4. The molecule has 4 heterocycles. The van der Waals surface area contributed by atoms with E-state index < -0.39 is 53.0 Å². The van der Waals surface area contributed by atoms with Crippen LogP contribution in [0.1, 0.15) is 100 Å². The first-order valence-electron chi connectivity index (χ1n) is 18.1. The summed E-state index contributed by atoms with van der Waals surface area (Å²) in [4.78, 5) is 84.8. The Balaban J connectivity index is 1.22. The molecule has 0 saturated carbocycles. The lowest BCUT2D eigenvalue weighted by molar-refractivity contribution is -0.189. The summed E-state index contributed by atoms with van der Waals surface area (Å²) in [5, 5.41) is 3.38. The molecule has 53 heavy (non-hydrogen) atoms. The fraction of sp³-hybridized carbons (Fsp3) is 0.513. The van der Waals surface area contributed by atoms with Gasteiger partial charge < -0.3 is 29.0 Å². The fourth-order valence-electron chi connectivity index (χ4n) is 7.63. The van der Waals surface area contributed by atoms with Gasteiger partial charge in [-0.2, -0.15) is 0 Å². The largest absolute Gasteiger partial charge is 0.460 e. The molecule has 2 aliphatic heterocycles. The normalized spacial score (nSPS) is 17.0. The van der Waals surface area contributed by atoms with Gasteiger partial charge in [0.05, 0.1) is 42.0 Å². The highest BCUT2D eigenvalue weighted by Crippen LogP contribution is 2.44. The number of carbonyl (C=O) groups excluding carboxylic acids is 5. The molecule has 282 valence electrons. The second-order valence-corrected chi connectivity index (χ2v) is 14.8. The fourth-order valence-corrected chi connectivity index (χ4v) is 7.63. The Morgan fingerprint density at radius 2 is 1.77 bits per heavy atom. The summed E-state index contributed by atoms with van der Waals surface area (Å²) in [6.07, 6.45) is 2.50. The molecule has 1 aromatic carbocycles. The number of nitrogens with zero attached hydrogens (tertiary/aromatic N) is 3. The molecule has 0 unspecified atom stereocenters. The molecule has 0 radical (unpaired) electrons. The third-order valence-electron chi connectivity index (χ3n) is 10.1. The van der Waals surface area contributed by atoms with Gasteiger partial charge >= 0.3 is 17.9 Å². The lowest BCUT2D eigenvalue weighted by Gasteiger charge is -2.35. The SMILES string of the molecule is CCCN(CC(=O)NCC(=O)O[C@]1(CC)C(=O)OCc2c1cc1n(c2=O)Cc2c-1nc1cc(F)c(C)c3c1c2CCC3)C(=O)CCC(=O)OC(C)(C)C. The van der Waals surface area contributed by atoms with Crippen molar-refractivity contribution >= 4 is 40.6 Å². The van der Waals surface area contributed by atoms with Crippen molar-refractivity contribution < 1.29 is 42.6 Å². The predicted octanol–water partition coefficient (Wildman–Crippen LogP) is 4.04. The van der Waals surface area contributed by atoms with Gasteiger partial charge in [-0.15, -0.1) is 0 Å². The van der Waals surface area contributed by atoms with Crippen LogP contribution < -0.4 is 10.9 Å². The number of aryl methyl sites for hydroxylation is 2. The van der Waals surface area contributed by atoms with Crippen LogP contribution in [0.3, 0.4) is 0 Å². The van der Waals surface area contributed by atoms with E-state index in [0.717, 1.165) is 41.3 Å². The zero-order valence-corrected chi connectivity index (χ0v) is 31.0. The maximum atomic E-state index is 15.0. The van der Waals surface area contributed by atoms with E-state index in [4.69, 9.17) is 19.2 Å². The van der Waals surface area contributed by atoms with Crippen LogP contribution in [0.2, 0.25) is 0 Å². The van der Waals surface area contributed by atoms with E-state index in [-0.39, 0.29) is 62.4 Å². The number of esters is 3. The van der Waals surface area contributed by atoms with Crippen molar-refractivity contribution in [3.05, 3.63) is 61.7 Å². The van der Waals surface area contributed by atoms with Crippen LogP contribution in [-0.4, -0.2) is 69.4 Å². The standard InChI is InChI=1S/C39H45FN4O9/c1-7-14-43(31(46)12-13-32(47)52-38(4,5)6)19-30(45)41-17-33(48)53-39(8-2)26-15-29-35-24(18-44(29)36(49)25(26)20-51-37(39)50)23-11-9-10-22-21(3)27(40)16-28(42-35)34(22)23/h15-16H,7-14,17-20H2,1-6H3,(H,41,45)/t39-/m0/s1. The Labute approximate surface area is 306 Å². The average molecular weight is 733 g/mol. The smallest absolute Gasteiger partial charge is 0.355 e. The van der Waals surface area contributed by atoms with E-state index in [0.29, 0.717) is 28.9 Å². The van der Waals surface area contributed by atoms with E-state index in [1.54, 1.807) is 45.3 Å². The Morgan fingerprint density at radius 3 is 2.47 bits per heavy atom. The quantitative estimate of drug-likeness (QED) is 0.176. The molecule has 0 spiro atoms. The molecule has 0 bridgehead atoms. The number of cyclic esters (lactones) is 1. The number of rotatable bonds is 11. The van der Waals surface area contributed by atoms with Crippen molar-refractivity contribution in [1.82, 2.24) is 19.8 Å². The van der Waals surface area contributed by atoms with Crippen molar-refractivity contribution in [2.24, 2.45) is 0 Å². The lowest BCUT2D eigenvalue weighted by atomic mass is 9.84. The summed E-state index contributed by atoms with van der Waals surface area (Å²) in [5.41, 5.74) is 2.15. The van der Waals surface area contributed by atoms with Crippen LogP contribution in [0, 0.1) is 12.7 Å². The molecule has 14 heteroatoms. The predicted molar refractivity (Wildman–Crippen MR) is 190 cm³/mol. The minimum atomic E-state index is -1.99. The van der Waals surface area contributed by atoms with Gasteiger partial charge in [-0.05, 0) is 82.6 Å². The van der Waals surface area contributed by atoms with Crippen LogP contribution in [0.5, 0.6) is 0 Å². The molecule has 1 atom stereocenters. The number of amides is 2. The molecule has 3 aliphatic rings. The van der Waals surface area contributed by atoms with Gasteiger partial charge in [-0.1, -0.05) is 13.8 Å². The number of fused-ring (bicyclic) bond motifs is 5. The van der Waals surface area contributed by atoms with Crippen molar-refractivity contribution in [1.29, 1.82) is 0 Å². The summed E-state index contributed by atoms with van der Waals surface area (Å²) < 4.78 is 33.1. The van der Waals surface area contributed by atoms with Crippen molar-refractivity contribution in [3.63, 3.8) is 0 Å². The van der Waals surface area contributed by atoms with Gasteiger partial charge in [0.1, 0.15) is 24.6 Å². The Kier molecular flexibility index (Phi) is 10.2. The minimum absolute atomic E-state index is 0.0745. The van der Waals surface area contributed by atoms with Gasteiger partial charge in [-0.3, -0.25) is 24.0 Å². The van der Waals surface area contributed by atoms with Gasteiger partial charge in [0, 0.05) is 35.5 Å². The highest BCUT2D eigenvalue weighted by atomic mass is 19.1. The van der Waals surface area contributed by atoms with E-state index in [2.05, 4.69) is 5.32 Å². The first-order valence-corrected chi connectivity index (χ1v) is 18.1. The third kappa shape index (κ3) is 7.03. The maximum Gasteiger partial charge on any atom is 0.355 e. The van der Waals surface area contributed by atoms with E-state index >= 15 is 0 Å². The van der Waals surface area contributed by atoms with Crippen LogP contribution in [0.15, 0.2) is 16.9 Å². The zero-order chi connectivity index (χ0) is 38.4. The minimum Gasteiger partial charge on any atom is -0.460 e. The van der Waals surface area contributed by atoms with Gasteiger partial charge in [0.2, 0.25) is 17.4 Å². The summed E-state index contributed by atoms with van der Waals surface area (Å²) in [6.45, 7) is 9.59. The van der Waals surface area contributed by atoms with Gasteiger partial charge in [0.15, 0.2) is 0 Å². The number of pyridine rings is 2. The van der Waals surface area contributed by atoms with Crippen LogP contribution >= 0.6 is 0 Å². The van der Waals surface area contributed by atoms with Crippen LogP contribution in [-0.2, 0) is 69.8 Å².